The number of carbonyl (C=O) groups is 1. The van der Waals surface area contributed by atoms with Gasteiger partial charge in [0.2, 0.25) is 9.84 Å². The van der Waals surface area contributed by atoms with Gasteiger partial charge in [0.15, 0.2) is 0 Å². The lowest BCUT2D eigenvalue weighted by molar-refractivity contribution is 0.254. The Labute approximate surface area is 84.0 Å². The minimum absolute atomic E-state index is 0.0919. The third-order valence-electron chi connectivity index (χ3n) is 2.19. The van der Waals surface area contributed by atoms with Crippen molar-refractivity contribution < 1.29 is 13.2 Å². The number of nitrogens with one attached hydrogen (secondary N) is 1. The van der Waals surface area contributed by atoms with Crippen LogP contribution in [0.3, 0.4) is 0 Å². The molecular weight excluding hydrogens is 204 g/mol. The number of hydrogen-bond donors (Lipinski definition) is 2. The largest absolute Gasteiger partial charge is 0.337 e. The summed E-state index contributed by atoms with van der Waals surface area (Å²) in [6, 6.07) is 0. The Morgan fingerprint density at radius 1 is 1.50 bits per heavy atom. The summed E-state index contributed by atoms with van der Waals surface area (Å²) in [4.78, 5) is 11.2. The second kappa shape index (κ2) is 3.86. The van der Waals surface area contributed by atoms with Crippen LogP contribution in [0.2, 0.25) is 0 Å². The van der Waals surface area contributed by atoms with Crippen molar-refractivity contribution in [1.29, 1.82) is 0 Å². The predicted octanol–water partition coefficient (Wildman–Crippen LogP) is 0.360. The smallest absolute Gasteiger partial charge is 0.325 e. The van der Waals surface area contributed by atoms with Gasteiger partial charge in [0.05, 0.1) is 11.4 Å². The third-order valence-corrected chi connectivity index (χ3v) is 3.68. The van der Waals surface area contributed by atoms with Crippen LogP contribution in [0.15, 0.2) is 0 Å². The van der Waals surface area contributed by atoms with E-state index >= 15 is 0 Å². The quantitative estimate of drug-likeness (QED) is 0.669. The molecule has 0 aromatic rings. The van der Waals surface area contributed by atoms with Crippen molar-refractivity contribution in [3.8, 4) is 0 Å². The summed E-state index contributed by atoms with van der Waals surface area (Å²) >= 11 is 0. The number of rotatable bonds is 4. The molecule has 0 aliphatic heterocycles. The fourth-order valence-electron chi connectivity index (χ4n) is 0.968. The van der Waals surface area contributed by atoms with Gasteiger partial charge in [0.1, 0.15) is 0 Å². The zero-order chi connectivity index (χ0) is 10.8. The fourth-order valence-corrected chi connectivity index (χ4v) is 2.18. The summed E-state index contributed by atoms with van der Waals surface area (Å²) in [5.74, 6) is -0.0919. The Morgan fingerprint density at radius 2 is 2.07 bits per heavy atom. The Bertz CT molecular complexity index is 319. The molecule has 0 radical (unpaired) electrons. The standard InChI is InChI=1S/C8H16N2O3S/c1-2-3-6-14(12,13)7(11)10-8(9)4-5-8/h2-6,9H2,1H3,(H,10,11). The molecule has 0 spiro atoms. The minimum atomic E-state index is -3.65. The zero-order valence-corrected chi connectivity index (χ0v) is 9.06. The van der Waals surface area contributed by atoms with Crippen LogP contribution in [0.1, 0.15) is 32.6 Å². The van der Waals surface area contributed by atoms with E-state index in [0.717, 1.165) is 6.42 Å². The molecule has 1 saturated carbocycles. The molecule has 1 amide bonds. The molecule has 0 atom stereocenters. The van der Waals surface area contributed by atoms with Gasteiger partial charge in [-0.05, 0) is 19.3 Å². The summed E-state index contributed by atoms with van der Waals surface area (Å²) in [6.07, 6.45) is 2.57. The number of hydrogen-bond acceptors (Lipinski definition) is 4. The van der Waals surface area contributed by atoms with E-state index in [1.54, 1.807) is 0 Å². The molecule has 82 valence electrons. The maximum atomic E-state index is 11.3. The summed E-state index contributed by atoms with van der Waals surface area (Å²) in [6.45, 7) is 1.87. The lowest BCUT2D eigenvalue weighted by Gasteiger charge is -2.11. The minimum Gasteiger partial charge on any atom is -0.325 e. The van der Waals surface area contributed by atoms with E-state index in [-0.39, 0.29) is 5.75 Å². The molecule has 0 bridgehead atoms. The third kappa shape index (κ3) is 2.95. The van der Waals surface area contributed by atoms with Crippen molar-refractivity contribution in [2.75, 3.05) is 5.75 Å². The number of unbranched alkanes of at least 4 members (excludes halogenated alkanes) is 1. The van der Waals surface area contributed by atoms with Crippen molar-refractivity contribution >= 4 is 15.1 Å². The number of carbonyl (C=O) groups excluding carboxylic acids is 1. The van der Waals surface area contributed by atoms with E-state index in [9.17, 15) is 13.2 Å². The topological polar surface area (TPSA) is 89.3 Å². The first-order valence-electron chi connectivity index (χ1n) is 4.73. The molecule has 3 N–H and O–H groups in total. The Hall–Kier alpha value is -0.620. The molecule has 0 heterocycles. The molecular formula is C8H16N2O3S. The summed E-state index contributed by atoms with van der Waals surface area (Å²) in [7, 11) is -3.65. The molecule has 0 unspecified atom stereocenters. The molecule has 0 saturated heterocycles. The Kier molecular flexibility index (Phi) is 3.16. The van der Waals surface area contributed by atoms with E-state index in [1.165, 1.54) is 0 Å². The highest BCUT2D eigenvalue weighted by Gasteiger charge is 2.42. The van der Waals surface area contributed by atoms with Gasteiger partial charge in [-0.25, -0.2) is 8.42 Å². The summed E-state index contributed by atoms with van der Waals surface area (Å²) in [5.41, 5.74) is 4.82. The van der Waals surface area contributed by atoms with Gasteiger partial charge in [0.25, 0.3) is 0 Å². The first-order chi connectivity index (χ1) is 6.40. The maximum absolute atomic E-state index is 11.3. The molecule has 1 aliphatic rings. The fraction of sp³-hybridized carbons (Fsp3) is 0.875. The van der Waals surface area contributed by atoms with Crippen LogP contribution in [-0.4, -0.2) is 25.1 Å². The number of nitrogens with two attached hydrogens (primary N) is 1. The lowest BCUT2D eigenvalue weighted by Crippen LogP contribution is -2.46. The van der Waals surface area contributed by atoms with E-state index in [0.29, 0.717) is 19.3 Å². The average Bonchev–Trinajstić information content (AvgIpc) is 2.80. The number of amides is 1. The SMILES string of the molecule is CCCCS(=O)(=O)C(=O)NC1(N)CC1. The predicted molar refractivity (Wildman–Crippen MR) is 53.4 cm³/mol. The molecule has 1 rings (SSSR count). The highest BCUT2D eigenvalue weighted by molar-refractivity contribution is 8.06. The van der Waals surface area contributed by atoms with Gasteiger partial charge in [-0.2, -0.15) is 0 Å². The van der Waals surface area contributed by atoms with Crippen molar-refractivity contribution in [3.63, 3.8) is 0 Å². The molecule has 0 aromatic carbocycles. The van der Waals surface area contributed by atoms with E-state index in [1.807, 2.05) is 6.92 Å². The van der Waals surface area contributed by atoms with Gasteiger partial charge in [-0.3, -0.25) is 4.79 Å². The number of sulfone groups is 1. The van der Waals surface area contributed by atoms with E-state index in [2.05, 4.69) is 5.32 Å². The van der Waals surface area contributed by atoms with Gasteiger partial charge >= 0.3 is 5.24 Å². The highest BCUT2D eigenvalue weighted by Crippen LogP contribution is 2.29. The lowest BCUT2D eigenvalue weighted by atomic mass is 10.4. The normalized spacial score (nSPS) is 19.0. The van der Waals surface area contributed by atoms with Crippen molar-refractivity contribution in [3.05, 3.63) is 0 Å². The second-order valence-electron chi connectivity index (χ2n) is 3.74. The highest BCUT2D eigenvalue weighted by atomic mass is 32.2. The van der Waals surface area contributed by atoms with Crippen LogP contribution in [0.4, 0.5) is 4.79 Å². The Balaban J connectivity index is 2.50. The molecule has 14 heavy (non-hydrogen) atoms. The molecule has 1 aliphatic carbocycles. The second-order valence-corrected chi connectivity index (χ2v) is 5.75. The molecule has 5 nitrogen and oxygen atoms in total. The van der Waals surface area contributed by atoms with E-state index in [4.69, 9.17) is 5.73 Å². The van der Waals surface area contributed by atoms with Gasteiger partial charge in [-0.15, -0.1) is 0 Å². The maximum Gasteiger partial charge on any atom is 0.337 e. The van der Waals surface area contributed by atoms with Crippen molar-refractivity contribution in [1.82, 2.24) is 5.32 Å². The van der Waals surface area contributed by atoms with Crippen LogP contribution < -0.4 is 11.1 Å². The van der Waals surface area contributed by atoms with Crippen LogP contribution >= 0.6 is 0 Å². The van der Waals surface area contributed by atoms with Crippen LogP contribution in [0, 0.1) is 0 Å². The van der Waals surface area contributed by atoms with Crippen LogP contribution in [-0.2, 0) is 9.84 Å². The van der Waals surface area contributed by atoms with Crippen LogP contribution in [0.5, 0.6) is 0 Å². The Morgan fingerprint density at radius 3 is 2.50 bits per heavy atom. The first kappa shape index (κ1) is 11.5. The monoisotopic (exact) mass is 220 g/mol. The first-order valence-corrected chi connectivity index (χ1v) is 6.39. The average molecular weight is 220 g/mol. The van der Waals surface area contributed by atoms with Crippen molar-refractivity contribution in [2.45, 2.75) is 38.3 Å². The molecule has 6 heteroatoms. The van der Waals surface area contributed by atoms with Crippen molar-refractivity contribution in [2.24, 2.45) is 5.73 Å². The summed E-state index contributed by atoms with van der Waals surface area (Å²) in [5, 5.41) is 1.41. The molecule has 1 fully saturated rings. The summed E-state index contributed by atoms with van der Waals surface area (Å²) < 4.78 is 22.7. The van der Waals surface area contributed by atoms with Crippen LogP contribution in [0.25, 0.3) is 0 Å². The van der Waals surface area contributed by atoms with Gasteiger partial charge in [0, 0.05) is 0 Å². The van der Waals surface area contributed by atoms with E-state index < -0.39 is 20.7 Å². The zero-order valence-electron chi connectivity index (χ0n) is 8.25. The molecule has 0 aromatic heterocycles. The van der Waals surface area contributed by atoms with Gasteiger partial charge in [-0.1, -0.05) is 13.3 Å². The van der Waals surface area contributed by atoms with Gasteiger partial charge < -0.3 is 11.1 Å².